The van der Waals surface area contributed by atoms with Gasteiger partial charge >= 0.3 is 11.9 Å². The summed E-state index contributed by atoms with van der Waals surface area (Å²) in [5.74, 6) is -0.824. The topological polar surface area (TPSA) is 52.6 Å². The summed E-state index contributed by atoms with van der Waals surface area (Å²) in [5.41, 5.74) is 1.80. The number of rotatable bonds is 8. The van der Waals surface area contributed by atoms with E-state index < -0.39 is 11.9 Å². The fourth-order valence-electron chi connectivity index (χ4n) is 1.76. The molecule has 1 aromatic rings. The molecule has 4 heteroatoms. The molecule has 0 saturated carbocycles. The van der Waals surface area contributed by atoms with E-state index in [9.17, 15) is 9.59 Å². The highest BCUT2D eigenvalue weighted by Crippen LogP contribution is 2.13. The predicted octanol–water partition coefficient (Wildman–Crippen LogP) is 4.17. The number of ether oxygens (including phenoxy) is 2. The lowest BCUT2D eigenvalue weighted by Gasteiger charge is -2.12. The first kappa shape index (κ1) is 19.9. The third kappa shape index (κ3) is 6.99. The van der Waals surface area contributed by atoms with Gasteiger partial charge in [-0.15, -0.1) is 0 Å². The van der Waals surface area contributed by atoms with Crippen LogP contribution >= 0.6 is 0 Å². The van der Waals surface area contributed by atoms with E-state index in [1.54, 1.807) is 0 Å². The first-order valence-corrected chi connectivity index (χ1v) is 8.46. The summed E-state index contributed by atoms with van der Waals surface area (Å²) in [5, 5.41) is 0. The molecule has 0 spiro atoms. The van der Waals surface area contributed by atoms with Gasteiger partial charge in [0, 0.05) is 0 Å². The summed E-state index contributed by atoms with van der Waals surface area (Å²) in [7, 11) is 0. The molecule has 132 valence electrons. The van der Waals surface area contributed by atoms with Crippen molar-refractivity contribution in [2.24, 2.45) is 11.8 Å². The molecule has 0 saturated heterocycles. The van der Waals surface area contributed by atoms with Crippen LogP contribution in [0.3, 0.4) is 0 Å². The SMILES string of the molecule is CCC(C)COC(=O)/C(=C/c1ccc(C)cc1)C(=O)OCC(C)C. The Morgan fingerprint density at radius 3 is 2.04 bits per heavy atom. The Morgan fingerprint density at radius 1 is 1.00 bits per heavy atom. The molecule has 0 bridgehead atoms. The summed E-state index contributed by atoms with van der Waals surface area (Å²) >= 11 is 0. The van der Waals surface area contributed by atoms with Gasteiger partial charge in [-0.05, 0) is 30.4 Å². The average molecular weight is 332 g/mol. The minimum atomic E-state index is -0.640. The van der Waals surface area contributed by atoms with Crippen molar-refractivity contribution < 1.29 is 19.1 Å². The van der Waals surface area contributed by atoms with Crippen molar-refractivity contribution >= 4 is 18.0 Å². The first-order chi connectivity index (χ1) is 11.3. The highest BCUT2D eigenvalue weighted by atomic mass is 16.6. The molecule has 0 aliphatic carbocycles. The monoisotopic (exact) mass is 332 g/mol. The van der Waals surface area contributed by atoms with Crippen molar-refractivity contribution in [3.63, 3.8) is 0 Å². The predicted molar refractivity (Wildman–Crippen MR) is 95.4 cm³/mol. The van der Waals surface area contributed by atoms with Crippen molar-refractivity contribution in [1.29, 1.82) is 0 Å². The van der Waals surface area contributed by atoms with Crippen LogP contribution in [0.1, 0.15) is 45.2 Å². The smallest absolute Gasteiger partial charge is 0.345 e. The number of hydrogen-bond acceptors (Lipinski definition) is 4. The number of benzene rings is 1. The number of hydrogen-bond donors (Lipinski definition) is 0. The van der Waals surface area contributed by atoms with Gasteiger partial charge in [-0.25, -0.2) is 9.59 Å². The molecule has 0 heterocycles. The van der Waals surface area contributed by atoms with Crippen molar-refractivity contribution in [1.82, 2.24) is 0 Å². The van der Waals surface area contributed by atoms with E-state index in [1.807, 2.05) is 58.9 Å². The lowest BCUT2D eigenvalue weighted by Crippen LogP contribution is -2.21. The normalized spacial score (nSPS) is 12.8. The zero-order valence-corrected chi connectivity index (χ0v) is 15.3. The van der Waals surface area contributed by atoms with Crippen LogP contribution in [-0.4, -0.2) is 25.2 Å². The molecule has 0 amide bonds. The maximum atomic E-state index is 12.3. The highest BCUT2D eigenvalue weighted by molar-refractivity contribution is 6.17. The zero-order valence-electron chi connectivity index (χ0n) is 15.3. The summed E-state index contributed by atoms with van der Waals surface area (Å²) < 4.78 is 10.5. The molecule has 1 atom stereocenters. The molecule has 0 aliphatic heterocycles. The van der Waals surface area contributed by atoms with Gasteiger partial charge < -0.3 is 9.47 Å². The van der Waals surface area contributed by atoms with Gasteiger partial charge in [0.25, 0.3) is 0 Å². The van der Waals surface area contributed by atoms with Crippen LogP contribution in [-0.2, 0) is 19.1 Å². The Kier molecular flexibility index (Phi) is 8.24. The van der Waals surface area contributed by atoms with Gasteiger partial charge in [0.1, 0.15) is 5.57 Å². The summed E-state index contributed by atoms with van der Waals surface area (Å²) in [6, 6.07) is 7.56. The minimum absolute atomic E-state index is 0.0668. The summed E-state index contributed by atoms with van der Waals surface area (Å²) in [6.07, 6.45) is 2.43. The number of esters is 2. The van der Waals surface area contributed by atoms with E-state index in [0.717, 1.165) is 17.5 Å². The van der Waals surface area contributed by atoms with Crippen LogP contribution in [0.25, 0.3) is 6.08 Å². The Bertz CT molecular complexity index is 570. The molecule has 0 N–H and O–H groups in total. The van der Waals surface area contributed by atoms with Crippen LogP contribution in [0.4, 0.5) is 0 Å². The van der Waals surface area contributed by atoms with Gasteiger partial charge in [-0.3, -0.25) is 0 Å². The van der Waals surface area contributed by atoms with Crippen LogP contribution in [0.5, 0.6) is 0 Å². The second-order valence-electron chi connectivity index (χ2n) is 6.57. The Labute approximate surface area is 144 Å². The van der Waals surface area contributed by atoms with E-state index in [4.69, 9.17) is 9.47 Å². The fraction of sp³-hybridized carbons (Fsp3) is 0.500. The van der Waals surface area contributed by atoms with E-state index in [1.165, 1.54) is 6.08 Å². The highest BCUT2D eigenvalue weighted by Gasteiger charge is 2.22. The molecule has 0 radical (unpaired) electrons. The molecule has 1 aromatic carbocycles. The number of aryl methyl sites for hydroxylation is 1. The van der Waals surface area contributed by atoms with Crippen LogP contribution in [0.15, 0.2) is 29.8 Å². The van der Waals surface area contributed by atoms with Gasteiger partial charge in [-0.1, -0.05) is 63.9 Å². The van der Waals surface area contributed by atoms with Crippen molar-refractivity contribution in [2.75, 3.05) is 13.2 Å². The van der Waals surface area contributed by atoms with Crippen LogP contribution in [0, 0.1) is 18.8 Å². The lowest BCUT2D eigenvalue weighted by molar-refractivity contribution is -0.148. The molecule has 0 fully saturated rings. The maximum Gasteiger partial charge on any atom is 0.345 e. The second-order valence-corrected chi connectivity index (χ2v) is 6.57. The van der Waals surface area contributed by atoms with E-state index in [-0.39, 0.29) is 30.6 Å². The largest absolute Gasteiger partial charge is 0.462 e. The van der Waals surface area contributed by atoms with Crippen molar-refractivity contribution in [2.45, 2.75) is 41.0 Å². The Morgan fingerprint density at radius 2 is 1.54 bits per heavy atom. The third-order valence-corrected chi connectivity index (χ3v) is 3.57. The minimum Gasteiger partial charge on any atom is -0.462 e. The molecule has 1 rings (SSSR count). The molecular weight excluding hydrogens is 304 g/mol. The fourth-order valence-corrected chi connectivity index (χ4v) is 1.76. The molecule has 4 nitrogen and oxygen atoms in total. The van der Waals surface area contributed by atoms with E-state index in [0.29, 0.717) is 0 Å². The first-order valence-electron chi connectivity index (χ1n) is 8.46. The summed E-state index contributed by atoms with van der Waals surface area (Å²) in [4.78, 5) is 24.6. The van der Waals surface area contributed by atoms with Gasteiger partial charge in [0.15, 0.2) is 0 Å². The van der Waals surface area contributed by atoms with Gasteiger partial charge in [-0.2, -0.15) is 0 Å². The Balaban J connectivity index is 2.95. The molecule has 0 aromatic heterocycles. The van der Waals surface area contributed by atoms with E-state index in [2.05, 4.69) is 0 Å². The standard InChI is InChI=1S/C20H28O4/c1-6-15(4)13-24-20(22)18(19(21)23-12-14(2)3)11-17-9-7-16(5)8-10-17/h7-11,14-15H,6,12-13H2,1-5H3/b18-11+. The molecule has 1 unspecified atom stereocenters. The third-order valence-electron chi connectivity index (χ3n) is 3.57. The summed E-state index contributed by atoms with van der Waals surface area (Å²) in [6.45, 7) is 10.4. The lowest BCUT2D eigenvalue weighted by atomic mass is 10.1. The number of carbonyl (C=O) groups is 2. The molecule has 0 aliphatic rings. The van der Waals surface area contributed by atoms with Gasteiger partial charge in [0.2, 0.25) is 0 Å². The number of carbonyl (C=O) groups excluding carboxylic acids is 2. The van der Waals surface area contributed by atoms with E-state index >= 15 is 0 Å². The van der Waals surface area contributed by atoms with Crippen LogP contribution in [0.2, 0.25) is 0 Å². The van der Waals surface area contributed by atoms with Gasteiger partial charge in [0.05, 0.1) is 13.2 Å². The second kappa shape index (κ2) is 9.91. The zero-order chi connectivity index (χ0) is 18.1. The van der Waals surface area contributed by atoms with Crippen molar-refractivity contribution in [3.05, 3.63) is 41.0 Å². The quantitative estimate of drug-likeness (QED) is 0.310. The van der Waals surface area contributed by atoms with Crippen molar-refractivity contribution in [3.8, 4) is 0 Å². The Hall–Kier alpha value is -2.10. The maximum absolute atomic E-state index is 12.3. The molecular formula is C20H28O4. The molecule has 24 heavy (non-hydrogen) atoms. The average Bonchev–Trinajstić information content (AvgIpc) is 2.56. The van der Waals surface area contributed by atoms with Crippen LogP contribution < -0.4 is 0 Å².